The number of ether oxygens (including phenoxy) is 2. The Kier molecular flexibility index (Phi) is 6.09. The van der Waals surface area contributed by atoms with Gasteiger partial charge in [0.15, 0.2) is 0 Å². The average Bonchev–Trinajstić information content (AvgIpc) is 3.22. The van der Waals surface area contributed by atoms with Gasteiger partial charge in [-0.1, -0.05) is 12.1 Å². The second-order valence-corrected chi connectivity index (χ2v) is 8.88. The van der Waals surface area contributed by atoms with E-state index in [4.69, 9.17) is 9.47 Å². The topological polar surface area (TPSA) is 67.9 Å². The highest BCUT2D eigenvalue weighted by Gasteiger charge is 2.43. The van der Waals surface area contributed by atoms with Crippen LogP contribution in [-0.2, 0) is 9.53 Å². The molecule has 1 spiro atoms. The minimum absolute atomic E-state index is 0.00463. The number of para-hydroxylation sites is 1. The molecule has 1 atom stereocenters. The van der Waals surface area contributed by atoms with Crippen LogP contribution < -0.4 is 10.1 Å². The third kappa shape index (κ3) is 4.58. The molecule has 3 aliphatic rings. The van der Waals surface area contributed by atoms with Gasteiger partial charge in [-0.15, -0.1) is 0 Å². The van der Waals surface area contributed by atoms with Crippen molar-refractivity contribution >= 4 is 11.8 Å². The van der Waals surface area contributed by atoms with E-state index in [1.54, 1.807) is 4.90 Å². The summed E-state index contributed by atoms with van der Waals surface area (Å²) in [6, 6.07) is 7.47. The van der Waals surface area contributed by atoms with Crippen molar-refractivity contribution < 1.29 is 19.1 Å². The van der Waals surface area contributed by atoms with Gasteiger partial charge in [0.25, 0.3) is 5.91 Å². The first kappa shape index (κ1) is 20.2. The van der Waals surface area contributed by atoms with Crippen molar-refractivity contribution in [3.63, 3.8) is 0 Å². The molecular weight excluding hydrogens is 368 g/mol. The number of rotatable bonds is 5. The van der Waals surface area contributed by atoms with Crippen molar-refractivity contribution in [3.8, 4) is 5.75 Å². The van der Waals surface area contributed by atoms with Crippen molar-refractivity contribution in [2.45, 2.75) is 50.5 Å². The molecule has 6 heteroatoms. The summed E-state index contributed by atoms with van der Waals surface area (Å²) < 4.78 is 11.8. The summed E-state index contributed by atoms with van der Waals surface area (Å²) in [5.74, 6) is 1.54. The van der Waals surface area contributed by atoms with Crippen LogP contribution in [0, 0.1) is 11.8 Å². The van der Waals surface area contributed by atoms with Gasteiger partial charge in [-0.05, 0) is 63.0 Å². The quantitative estimate of drug-likeness (QED) is 0.772. The lowest BCUT2D eigenvalue weighted by atomic mass is 9.78. The summed E-state index contributed by atoms with van der Waals surface area (Å²) in [6.45, 7) is 3.07. The molecule has 1 unspecified atom stereocenters. The first-order valence-electron chi connectivity index (χ1n) is 11.0. The number of nitrogens with zero attached hydrogens (tertiary/aromatic N) is 1. The van der Waals surface area contributed by atoms with E-state index in [2.05, 4.69) is 5.32 Å². The van der Waals surface area contributed by atoms with Crippen LogP contribution in [0.15, 0.2) is 24.3 Å². The average molecular weight is 401 g/mol. The second kappa shape index (κ2) is 8.74. The fourth-order valence-electron chi connectivity index (χ4n) is 4.93. The van der Waals surface area contributed by atoms with Crippen LogP contribution in [0.3, 0.4) is 0 Å². The number of hydrogen-bond acceptors (Lipinski definition) is 4. The molecule has 1 saturated carbocycles. The molecule has 0 bridgehead atoms. The van der Waals surface area contributed by atoms with Crippen LogP contribution in [0.5, 0.6) is 5.75 Å². The van der Waals surface area contributed by atoms with Crippen LogP contribution in [0.4, 0.5) is 0 Å². The molecule has 1 N–H and O–H groups in total. The second-order valence-electron chi connectivity index (χ2n) is 8.88. The molecule has 1 aromatic carbocycles. The Morgan fingerprint density at radius 2 is 2.03 bits per heavy atom. The van der Waals surface area contributed by atoms with Crippen molar-refractivity contribution in [2.75, 3.05) is 33.4 Å². The maximum atomic E-state index is 12.7. The Morgan fingerprint density at radius 1 is 1.24 bits per heavy atom. The van der Waals surface area contributed by atoms with E-state index >= 15 is 0 Å². The van der Waals surface area contributed by atoms with E-state index < -0.39 is 5.60 Å². The number of carbonyl (C=O) groups is 2. The zero-order chi connectivity index (χ0) is 20.3. The number of benzene rings is 1. The summed E-state index contributed by atoms with van der Waals surface area (Å²) in [4.78, 5) is 27.0. The highest BCUT2D eigenvalue weighted by Crippen LogP contribution is 2.39. The van der Waals surface area contributed by atoms with Crippen molar-refractivity contribution in [1.29, 1.82) is 0 Å². The van der Waals surface area contributed by atoms with E-state index in [-0.39, 0.29) is 17.7 Å². The summed E-state index contributed by atoms with van der Waals surface area (Å²) in [6.07, 6.45) is 6.47. The molecule has 1 saturated heterocycles. The molecular formula is C23H32N2O4. The van der Waals surface area contributed by atoms with Gasteiger partial charge in [-0.3, -0.25) is 9.59 Å². The summed E-state index contributed by atoms with van der Waals surface area (Å²) in [5, 5.41) is 3.13. The maximum absolute atomic E-state index is 12.7. The van der Waals surface area contributed by atoms with Crippen molar-refractivity contribution in [3.05, 3.63) is 29.8 Å². The molecule has 0 aromatic heterocycles. The summed E-state index contributed by atoms with van der Waals surface area (Å²) >= 11 is 0. The standard InChI is InChI=1S/C23H32N2O4/c1-25-16-23(29-20-7-3-2-6-19(20)22(25)27)11-8-18(9-12-23)21(26)24-13-4-5-17-10-14-28-15-17/h2-3,6-7,17-18H,4-5,8-16H2,1H3,(H,24,26). The van der Waals surface area contributed by atoms with Gasteiger partial charge in [-0.25, -0.2) is 0 Å². The third-order valence-electron chi connectivity index (χ3n) is 6.70. The largest absolute Gasteiger partial charge is 0.485 e. The highest BCUT2D eigenvalue weighted by molar-refractivity contribution is 5.97. The fourth-order valence-corrected chi connectivity index (χ4v) is 4.93. The van der Waals surface area contributed by atoms with E-state index in [0.29, 0.717) is 23.8 Å². The molecule has 1 aliphatic carbocycles. The molecule has 29 heavy (non-hydrogen) atoms. The number of likely N-dealkylation sites (N-methyl/N-ethyl adjacent to an activating group) is 1. The zero-order valence-electron chi connectivity index (χ0n) is 17.3. The lowest BCUT2D eigenvalue weighted by molar-refractivity contribution is -0.127. The minimum Gasteiger partial charge on any atom is -0.485 e. The SMILES string of the molecule is CN1CC2(CCC(C(=O)NCCCC3CCOC3)CC2)Oc2ccccc2C1=O. The molecule has 2 aliphatic heterocycles. The summed E-state index contributed by atoms with van der Waals surface area (Å²) in [7, 11) is 1.84. The number of carbonyl (C=O) groups excluding carboxylic acids is 2. The monoisotopic (exact) mass is 400 g/mol. The molecule has 0 radical (unpaired) electrons. The minimum atomic E-state index is -0.393. The van der Waals surface area contributed by atoms with E-state index in [1.165, 1.54) is 0 Å². The normalized spacial score (nSPS) is 29.3. The van der Waals surface area contributed by atoms with E-state index in [1.807, 2.05) is 31.3 Å². The smallest absolute Gasteiger partial charge is 0.257 e. The lowest BCUT2D eigenvalue weighted by Crippen LogP contribution is -2.49. The van der Waals surface area contributed by atoms with Gasteiger partial charge in [0, 0.05) is 32.7 Å². The van der Waals surface area contributed by atoms with Crippen LogP contribution >= 0.6 is 0 Å². The number of nitrogens with one attached hydrogen (secondary N) is 1. The van der Waals surface area contributed by atoms with E-state index in [0.717, 1.165) is 64.7 Å². The highest BCUT2D eigenvalue weighted by atomic mass is 16.5. The number of amides is 2. The summed E-state index contributed by atoms with van der Waals surface area (Å²) in [5.41, 5.74) is 0.232. The molecule has 6 nitrogen and oxygen atoms in total. The molecule has 1 aromatic rings. The van der Waals surface area contributed by atoms with Crippen LogP contribution in [-0.4, -0.2) is 55.7 Å². The predicted octanol–water partition coefficient (Wildman–Crippen LogP) is 3.01. The molecule has 4 rings (SSSR count). The molecule has 2 fully saturated rings. The third-order valence-corrected chi connectivity index (χ3v) is 6.70. The predicted molar refractivity (Wildman–Crippen MR) is 110 cm³/mol. The van der Waals surface area contributed by atoms with Gasteiger partial charge in [0.05, 0.1) is 12.1 Å². The van der Waals surface area contributed by atoms with Crippen molar-refractivity contribution in [2.24, 2.45) is 11.8 Å². The first-order valence-corrected chi connectivity index (χ1v) is 11.0. The molecule has 2 amide bonds. The Hall–Kier alpha value is -2.08. The van der Waals surface area contributed by atoms with Gasteiger partial charge in [0.2, 0.25) is 5.91 Å². The van der Waals surface area contributed by atoms with Gasteiger partial charge in [0.1, 0.15) is 11.4 Å². The fraction of sp³-hybridized carbons (Fsp3) is 0.652. The van der Waals surface area contributed by atoms with Crippen molar-refractivity contribution in [1.82, 2.24) is 10.2 Å². The Morgan fingerprint density at radius 3 is 2.79 bits per heavy atom. The Labute approximate surface area is 172 Å². The molecule has 2 heterocycles. The van der Waals surface area contributed by atoms with Crippen LogP contribution in [0.25, 0.3) is 0 Å². The van der Waals surface area contributed by atoms with Crippen LogP contribution in [0.1, 0.15) is 55.3 Å². The maximum Gasteiger partial charge on any atom is 0.257 e. The molecule has 158 valence electrons. The van der Waals surface area contributed by atoms with Gasteiger partial charge >= 0.3 is 0 Å². The van der Waals surface area contributed by atoms with Gasteiger partial charge in [-0.2, -0.15) is 0 Å². The number of hydrogen-bond donors (Lipinski definition) is 1. The lowest BCUT2D eigenvalue weighted by Gasteiger charge is -2.40. The van der Waals surface area contributed by atoms with E-state index in [9.17, 15) is 9.59 Å². The zero-order valence-corrected chi connectivity index (χ0v) is 17.3. The van der Waals surface area contributed by atoms with Crippen LogP contribution in [0.2, 0.25) is 0 Å². The first-order chi connectivity index (χ1) is 14.1. The van der Waals surface area contributed by atoms with Gasteiger partial charge < -0.3 is 19.7 Å². The number of fused-ring (bicyclic) bond motifs is 1. The Bertz CT molecular complexity index is 736. The Balaban J connectivity index is 1.29.